The van der Waals surface area contributed by atoms with Crippen molar-refractivity contribution < 1.29 is 19.7 Å². The molecule has 36 heavy (non-hydrogen) atoms. The molecule has 0 unspecified atom stereocenters. The lowest BCUT2D eigenvalue weighted by Gasteiger charge is -2.33. The van der Waals surface area contributed by atoms with E-state index in [2.05, 4.69) is 25.3 Å². The van der Waals surface area contributed by atoms with Crippen LogP contribution in [-0.4, -0.2) is 66.2 Å². The monoisotopic (exact) mass is 492 g/mol. The van der Waals surface area contributed by atoms with Gasteiger partial charge in [0.25, 0.3) is 0 Å². The zero-order valence-corrected chi connectivity index (χ0v) is 19.8. The van der Waals surface area contributed by atoms with Gasteiger partial charge in [0.05, 0.1) is 47.6 Å². The number of anilines is 2. The number of nitrogens with one attached hydrogen (secondary N) is 1. The second kappa shape index (κ2) is 10.7. The van der Waals surface area contributed by atoms with Gasteiger partial charge < -0.3 is 25.5 Å². The van der Waals surface area contributed by atoms with Crippen molar-refractivity contribution in [2.75, 3.05) is 31.6 Å². The Morgan fingerprint density at radius 2 is 1.92 bits per heavy atom. The standard InChI is InChI=1S/C26H29FN6O3/c27-21-13-20(33-10-7-19(16-35)31-33)2-4-22(21)30-25-14-24-18(15-28-25)1-3-23(29-24)26(36)17-5-8-32(9-6-17)11-12-34/h1-4,7,10,13-15,17,26,34-36H,5-6,8-9,11-12,16H2,(H,28,30)/t26-/m0/s1. The van der Waals surface area contributed by atoms with Crippen LogP contribution in [0.5, 0.6) is 0 Å². The second-order valence-electron chi connectivity index (χ2n) is 9.04. The van der Waals surface area contributed by atoms with Crippen molar-refractivity contribution in [1.29, 1.82) is 0 Å². The van der Waals surface area contributed by atoms with Crippen LogP contribution in [0.4, 0.5) is 15.9 Å². The van der Waals surface area contributed by atoms with Gasteiger partial charge in [-0.15, -0.1) is 0 Å². The van der Waals surface area contributed by atoms with Crippen LogP contribution >= 0.6 is 0 Å². The highest BCUT2D eigenvalue weighted by molar-refractivity contribution is 5.81. The summed E-state index contributed by atoms with van der Waals surface area (Å²) in [5, 5.41) is 37.3. The van der Waals surface area contributed by atoms with Crippen molar-refractivity contribution in [1.82, 2.24) is 24.6 Å². The van der Waals surface area contributed by atoms with Gasteiger partial charge in [-0.1, -0.05) is 0 Å². The Morgan fingerprint density at radius 1 is 1.08 bits per heavy atom. The van der Waals surface area contributed by atoms with Gasteiger partial charge in [0.1, 0.15) is 11.6 Å². The Labute approximate surface area is 207 Å². The molecule has 1 aliphatic heterocycles. The summed E-state index contributed by atoms with van der Waals surface area (Å²) in [5.74, 6) is 0.0764. The van der Waals surface area contributed by atoms with Crippen LogP contribution in [0.25, 0.3) is 16.6 Å². The van der Waals surface area contributed by atoms with Crippen LogP contribution < -0.4 is 5.32 Å². The summed E-state index contributed by atoms with van der Waals surface area (Å²) in [6.45, 7) is 2.33. The molecule has 0 bridgehead atoms. The number of benzene rings is 1. The molecule has 3 aromatic heterocycles. The van der Waals surface area contributed by atoms with E-state index in [-0.39, 0.29) is 24.8 Å². The minimum Gasteiger partial charge on any atom is -0.395 e. The summed E-state index contributed by atoms with van der Waals surface area (Å²) in [7, 11) is 0. The Balaban J connectivity index is 1.31. The molecular weight excluding hydrogens is 463 g/mol. The number of fused-ring (bicyclic) bond motifs is 1. The highest BCUT2D eigenvalue weighted by Gasteiger charge is 2.27. The first-order valence-electron chi connectivity index (χ1n) is 12.0. The molecule has 1 atom stereocenters. The van der Waals surface area contributed by atoms with Gasteiger partial charge in [0.2, 0.25) is 0 Å². The maximum Gasteiger partial charge on any atom is 0.148 e. The third-order valence-electron chi connectivity index (χ3n) is 6.68. The molecule has 0 saturated carbocycles. The summed E-state index contributed by atoms with van der Waals surface area (Å²) in [6, 6.07) is 11.8. The first-order valence-corrected chi connectivity index (χ1v) is 12.0. The van der Waals surface area contributed by atoms with Crippen molar-refractivity contribution in [3.63, 3.8) is 0 Å². The summed E-state index contributed by atoms with van der Waals surface area (Å²) < 4.78 is 16.3. The minimum atomic E-state index is -0.672. The van der Waals surface area contributed by atoms with Crippen LogP contribution in [0.2, 0.25) is 0 Å². The summed E-state index contributed by atoms with van der Waals surface area (Å²) in [5.41, 5.74) is 2.56. The molecule has 9 nitrogen and oxygen atoms in total. The maximum absolute atomic E-state index is 14.8. The molecule has 0 aliphatic carbocycles. The van der Waals surface area contributed by atoms with Crippen molar-refractivity contribution in [3.05, 3.63) is 72.1 Å². The van der Waals surface area contributed by atoms with E-state index < -0.39 is 11.9 Å². The molecule has 4 N–H and O–H groups in total. The number of piperidine rings is 1. The lowest BCUT2D eigenvalue weighted by molar-refractivity contribution is 0.0515. The molecule has 1 aromatic carbocycles. The van der Waals surface area contributed by atoms with E-state index in [0.29, 0.717) is 35.0 Å². The van der Waals surface area contributed by atoms with Gasteiger partial charge in [0, 0.05) is 36.5 Å². The van der Waals surface area contributed by atoms with Gasteiger partial charge >= 0.3 is 0 Å². The number of halogens is 1. The molecule has 10 heteroatoms. The van der Waals surface area contributed by atoms with Crippen LogP contribution in [0.3, 0.4) is 0 Å². The molecule has 0 amide bonds. The molecule has 1 saturated heterocycles. The zero-order valence-electron chi connectivity index (χ0n) is 19.8. The molecule has 1 aliphatic rings. The highest BCUT2D eigenvalue weighted by atomic mass is 19.1. The smallest absolute Gasteiger partial charge is 0.148 e. The average molecular weight is 493 g/mol. The minimum absolute atomic E-state index is 0.111. The Bertz CT molecular complexity index is 1340. The van der Waals surface area contributed by atoms with Gasteiger partial charge in [-0.25, -0.2) is 19.0 Å². The number of aromatic nitrogens is 4. The number of aliphatic hydroxyl groups is 3. The van der Waals surface area contributed by atoms with E-state index in [4.69, 9.17) is 5.11 Å². The fraction of sp³-hybridized carbons (Fsp3) is 0.346. The third-order valence-corrected chi connectivity index (χ3v) is 6.68. The Hall–Kier alpha value is -3.44. The van der Waals surface area contributed by atoms with Gasteiger partial charge in [-0.3, -0.25) is 0 Å². The topological polar surface area (TPSA) is 120 Å². The van der Waals surface area contributed by atoms with Gasteiger partial charge in [-0.05, 0) is 62.2 Å². The molecule has 5 rings (SSSR count). The van der Waals surface area contributed by atoms with E-state index >= 15 is 0 Å². The largest absolute Gasteiger partial charge is 0.395 e. The van der Waals surface area contributed by atoms with E-state index in [1.807, 2.05) is 12.1 Å². The number of likely N-dealkylation sites (tertiary alicyclic amines) is 1. The lowest BCUT2D eigenvalue weighted by atomic mass is 9.89. The number of aliphatic hydroxyl groups excluding tert-OH is 3. The van der Waals surface area contributed by atoms with Crippen LogP contribution in [-0.2, 0) is 6.61 Å². The summed E-state index contributed by atoms with van der Waals surface area (Å²) in [4.78, 5) is 11.3. The number of pyridine rings is 2. The van der Waals surface area contributed by atoms with Crippen LogP contribution in [0, 0.1) is 11.7 Å². The molecule has 4 aromatic rings. The molecule has 1 fully saturated rings. The first kappa shape index (κ1) is 24.3. The number of hydrogen-bond acceptors (Lipinski definition) is 8. The predicted octanol–water partition coefficient (Wildman–Crippen LogP) is 2.93. The summed E-state index contributed by atoms with van der Waals surface area (Å²) >= 11 is 0. The fourth-order valence-corrected chi connectivity index (χ4v) is 4.62. The highest BCUT2D eigenvalue weighted by Crippen LogP contribution is 2.31. The van der Waals surface area contributed by atoms with Crippen LogP contribution in [0.1, 0.15) is 30.3 Å². The number of nitrogens with zero attached hydrogens (tertiary/aromatic N) is 5. The maximum atomic E-state index is 14.8. The fourth-order valence-electron chi connectivity index (χ4n) is 4.62. The Kier molecular flexibility index (Phi) is 7.19. The zero-order chi connectivity index (χ0) is 25.1. The lowest BCUT2D eigenvalue weighted by Crippen LogP contribution is -2.37. The SMILES string of the molecule is OCCN1CCC([C@H](O)c2ccc3cnc(Nc4ccc(-n5ccc(CO)n5)cc4F)cc3n2)CC1. The van der Waals surface area contributed by atoms with E-state index in [1.54, 1.807) is 36.7 Å². The molecular formula is C26H29FN6O3. The number of rotatable bonds is 8. The third kappa shape index (κ3) is 5.21. The van der Waals surface area contributed by atoms with Crippen molar-refractivity contribution in [2.45, 2.75) is 25.6 Å². The van der Waals surface area contributed by atoms with E-state index in [1.165, 1.54) is 10.7 Å². The first-order chi connectivity index (χ1) is 17.5. The molecule has 188 valence electrons. The average Bonchev–Trinajstić information content (AvgIpc) is 3.39. The van der Waals surface area contributed by atoms with Crippen molar-refractivity contribution >= 4 is 22.4 Å². The van der Waals surface area contributed by atoms with Gasteiger partial charge in [-0.2, -0.15) is 5.10 Å². The number of β-amino-alcohol motifs (C(OH)–C–C–N with tert-alkyl or cyclic N) is 1. The van der Waals surface area contributed by atoms with Crippen molar-refractivity contribution in [3.8, 4) is 5.69 Å². The van der Waals surface area contributed by atoms with E-state index in [9.17, 15) is 14.6 Å². The number of hydrogen-bond donors (Lipinski definition) is 4. The van der Waals surface area contributed by atoms with Crippen molar-refractivity contribution in [2.24, 2.45) is 5.92 Å². The summed E-state index contributed by atoms with van der Waals surface area (Å²) in [6.07, 6.45) is 4.35. The second-order valence-corrected chi connectivity index (χ2v) is 9.04. The van der Waals surface area contributed by atoms with Crippen LogP contribution in [0.15, 0.2) is 54.9 Å². The predicted molar refractivity (Wildman–Crippen MR) is 133 cm³/mol. The molecule has 0 radical (unpaired) electrons. The quantitative estimate of drug-likeness (QED) is 0.296. The van der Waals surface area contributed by atoms with Gasteiger partial charge in [0.15, 0.2) is 0 Å². The normalized spacial score (nSPS) is 15.9. The van der Waals surface area contributed by atoms with E-state index in [0.717, 1.165) is 31.3 Å². The molecule has 0 spiro atoms. The Morgan fingerprint density at radius 3 is 2.64 bits per heavy atom. The molecule has 4 heterocycles.